The lowest BCUT2D eigenvalue weighted by molar-refractivity contribution is 0.407. The van der Waals surface area contributed by atoms with Crippen molar-refractivity contribution < 1.29 is 0 Å². The standard InChI is InChI=1S/C20H21ClN4/c1-20(2,3)15-25(19-10-12-23-18(13-22)24-19)14-17-8-6-16(7-9-17)5-4-11-21/h6-10,12H,11,14-15H2,1-3H3. The normalized spacial score (nSPS) is 10.5. The Bertz CT molecular complexity index is 805. The van der Waals surface area contributed by atoms with Crippen LogP contribution in [0.25, 0.3) is 0 Å². The first-order chi connectivity index (χ1) is 11.9. The molecule has 0 unspecified atom stereocenters. The Hall–Kier alpha value is -2.56. The summed E-state index contributed by atoms with van der Waals surface area (Å²) >= 11 is 5.59. The van der Waals surface area contributed by atoms with Crippen LogP contribution in [0.1, 0.15) is 37.7 Å². The van der Waals surface area contributed by atoms with Crippen LogP contribution < -0.4 is 4.90 Å². The van der Waals surface area contributed by atoms with E-state index >= 15 is 0 Å². The minimum atomic E-state index is 0.0868. The predicted octanol–water partition coefficient (Wildman–Crippen LogP) is 3.99. The minimum absolute atomic E-state index is 0.0868. The molecule has 0 aliphatic heterocycles. The lowest BCUT2D eigenvalue weighted by Gasteiger charge is -2.31. The van der Waals surface area contributed by atoms with Crippen LogP contribution in [0, 0.1) is 28.6 Å². The van der Waals surface area contributed by atoms with Gasteiger partial charge >= 0.3 is 0 Å². The molecule has 0 fully saturated rings. The Balaban J connectivity index is 2.25. The molecule has 0 N–H and O–H groups in total. The summed E-state index contributed by atoms with van der Waals surface area (Å²) in [6.45, 7) is 8.04. The zero-order chi connectivity index (χ0) is 18.3. The fourth-order valence-electron chi connectivity index (χ4n) is 2.42. The largest absolute Gasteiger partial charge is 0.352 e. The van der Waals surface area contributed by atoms with E-state index in [0.717, 1.165) is 23.5 Å². The highest BCUT2D eigenvalue weighted by Crippen LogP contribution is 2.22. The second-order valence-electron chi connectivity index (χ2n) is 6.90. The molecule has 1 heterocycles. The summed E-state index contributed by atoms with van der Waals surface area (Å²) in [5.41, 5.74) is 2.18. The summed E-state index contributed by atoms with van der Waals surface area (Å²) in [7, 11) is 0. The molecule has 0 amide bonds. The fraction of sp³-hybridized carbons (Fsp3) is 0.350. The first-order valence-electron chi connectivity index (χ1n) is 8.03. The number of halogens is 1. The van der Waals surface area contributed by atoms with Gasteiger partial charge in [0.25, 0.3) is 0 Å². The summed E-state index contributed by atoms with van der Waals surface area (Å²) in [6.07, 6.45) is 1.63. The number of aromatic nitrogens is 2. The molecule has 4 nitrogen and oxygen atoms in total. The molecule has 0 saturated heterocycles. The highest BCUT2D eigenvalue weighted by atomic mass is 35.5. The number of hydrogen-bond acceptors (Lipinski definition) is 4. The Kier molecular flexibility index (Phi) is 6.39. The molecule has 0 atom stereocenters. The molecular weight excluding hydrogens is 332 g/mol. The Labute approximate surface area is 154 Å². The van der Waals surface area contributed by atoms with Gasteiger partial charge in [-0.1, -0.05) is 44.7 Å². The molecule has 0 aliphatic rings. The average molecular weight is 353 g/mol. The van der Waals surface area contributed by atoms with Crippen molar-refractivity contribution >= 4 is 17.4 Å². The number of rotatable bonds is 4. The first kappa shape index (κ1) is 18.8. The third-order valence-corrected chi connectivity index (χ3v) is 3.49. The van der Waals surface area contributed by atoms with Crippen LogP contribution >= 0.6 is 11.6 Å². The van der Waals surface area contributed by atoms with Crippen molar-refractivity contribution in [2.24, 2.45) is 5.41 Å². The van der Waals surface area contributed by atoms with Crippen LogP contribution in [0.5, 0.6) is 0 Å². The predicted molar refractivity (Wildman–Crippen MR) is 101 cm³/mol. The van der Waals surface area contributed by atoms with Gasteiger partial charge < -0.3 is 4.90 Å². The second-order valence-corrected chi connectivity index (χ2v) is 7.17. The van der Waals surface area contributed by atoms with E-state index in [1.807, 2.05) is 24.3 Å². The molecule has 1 aromatic heterocycles. The molecule has 2 rings (SSSR count). The van der Waals surface area contributed by atoms with Gasteiger partial charge in [-0.3, -0.25) is 0 Å². The van der Waals surface area contributed by atoms with Gasteiger partial charge in [0, 0.05) is 24.8 Å². The molecule has 2 aromatic rings. The number of benzene rings is 1. The van der Waals surface area contributed by atoms with Gasteiger partial charge in [0.15, 0.2) is 0 Å². The van der Waals surface area contributed by atoms with Crippen LogP contribution in [-0.4, -0.2) is 22.4 Å². The molecule has 5 heteroatoms. The van der Waals surface area contributed by atoms with Crippen molar-refractivity contribution in [3.8, 4) is 17.9 Å². The van der Waals surface area contributed by atoms with E-state index in [-0.39, 0.29) is 11.2 Å². The zero-order valence-corrected chi connectivity index (χ0v) is 15.5. The van der Waals surface area contributed by atoms with Crippen LogP contribution in [0.15, 0.2) is 36.5 Å². The quantitative estimate of drug-likeness (QED) is 0.616. The van der Waals surface area contributed by atoms with Crippen molar-refractivity contribution in [3.05, 3.63) is 53.5 Å². The van der Waals surface area contributed by atoms with Crippen molar-refractivity contribution in [2.75, 3.05) is 17.3 Å². The topological polar surface area (TPSA) is 52.8 Å². The van der Waals surface area contributed by atoms with Crippen molar-refractivity contribution in [1.82, 2.24) is 9.97 Å². The van der Waals surface area contributed by atoms with E-state index in [1.54, 1.807) is 6.20 Å². The average Bonchev–Trinajstić information content (AvgIpc) is 2.59. The van der Waals surface area contributed by atoms with E-state index in [2.05, 4.69) is 59.6 Å². The maximum absolute atomic E-state index is 9.05. The number of anilines is 1. The van der Waals surface area contributed by atoms with E-state index in [4.69, 9.17) is 16.9 Å². The summed E-state index contributed by atoms with van der Waals surface area (Å²) < 4.78 is 0. The van der Waals surface area contributed by atoms with Gasteiger partial charge in [0.05, 0.1) is 5.88 Å². The van der Waals surface area contributed by atoms with Gasteiger partial charge in [0.1, 0.15) is 11.9 Å². The van der Waals surface area contributed by atoms with Crippen LogP contribution in [0.2, 0.25) is 0 Å². The van der Waals surface area contributed by atoms with Crippen molar-refractivity contribution in [2.45, 2.75) is 27.3 Å². The van der Waals surface area contributed by atoms with Gasteiger partial charge in [-0.05, 0) is 29.2 Å². The van der Waals surface area contributed by atoms with E-state index in [9.17, 15) is 0 Å². The molecule has 25 heavy (non-hydrogen) atoms. The van der Waals surface area contributed by atoms with Gasteiger partial charge in [-0.25, -0.2) is 9.97 Å². The van der Waals surface area contributed by atoms with Crippen molar-refractivity contribution in [3.63, 3.8) is 0 Å². The fourth-order valence-corrected chi connectivity index (χ4v) is 2.49. The van der Waals surface area contributed by atoms with Crippen molar-refractivity contribution in [1.29, 1.82) is 5.26 Å². The van der Waals surface area contributed by atoms with E-state index < -0.39 is 0 Å². The molecule has 0 spiro atoms. The third-order valence-electron chi connectivity index (χ3n) is 3.36. The summed E-state index contributed by atoms with van der Waals surface area (Å²) in [5.74, 6) is 7.13. The molecule has 128 valence electrons. The Morgan fingerprint density at radius 2 is 1.88 bits per heavy atom. The number of nitrogens with zero attached hydrogens (tertiary/aromatic N) is 4. The Morgan fingerprint density at radius 3 is 2.48 bits per heavy atom. The smallest absolute Gasteiger partial charge is 0.234 e. The number of nitriles is 1. The Morgan fingerprint density at radius 1 is 1.16 bits per heavy atom. The first-order valence-corrected chi connectivity index (χ1v) is 8.56. The monoisotopic (exact) mass is 352 g/mol. The van der Waals surface area contributed by atoms with Gasteiger partial charge in [0.2, 0.25) is 5.82 Å². The lowest BCUT2D eigenvalue weighted by Crippen LogP contribution is -2.33. The summed E-state index contributed by atoms with van der Waals surface area (Å²) in [4.78, 5) is 10.5. The molecule has 0 aliphatic carbocycles. The van der Waals surface area contributed by atoms with E-state index in [0.29, 0.717) is 12.4 Å². The minimum Gasteiger partial charge on any atom is -0.352 e. The highest BCUT2D eigenvalue weighted by molar-refractivity contribution is 6.19. The van der Waals surface area contributed by atoms with Gasteiger partial charge in [-0.15, -0.1) is 11.6 Å². The number of alkyl halides is 1. The van der Waals surface area contributed by atoms with Crippen LogP contribution in [-0.2, 0) is 6.54 Å². The SMILES string of the molecule is CC(C)(C)CN(Cc1ccc(C#CCCl)cc1)c1ccnc(C#N)n1. The van der Waals surface area contributed by atoms with Crippen LogP contribution in [0.4, 0.5) is 5.82 Å². The third kappa shape index (κ3) is 6.10. The van der Waals surface area contributed by atoms with E-state index in [1.165, 1.54) is 0 Å². The van der Waals surface area contributed by atoms with Gasteiger partial charge in [-0.2, -0.15) is 5.26 Å². The molecular formula is C20H21ClN4. The second kappa shape index (κ2) is 8.51. The maximum Gasteiger partial charge on any atom is 0.234 e. The highest BCUT2D eigenvalue weighted by Gasteiger charge is 2.18. The number of hydrogen-bond donors (Lipinski definition) is 0. The molecule has 0 radical (unpaired) electrons. The summed E-state index contributed by atoms with van der Waals surface area (Å²) in [5, 5.41) is 9.05. The lowest BCUT2D eigenvalue weighted by atomic mass is 9.95. The molecule has 0 bridgehead atoms. The molecule has 1 aromatic carbocycles. The zero-order valence-electron chi connectivity index (χ0n) is 14.8. The molecule has 0 saturated carbocycles. The van der Waals surface area contributed by atoms with Crippen LogP contribution in [0.3, 0.4) is 0 Å². The summed E-state index contributed by atoms with van der Waals surface area (Å²) in [6, 6.07) is 11.9. The maximum atomic E-state index is 9.05.